The van der Waals surface area contributed by atoms with Crippen molar-refractivity contribution in [2.45, 2.75) is 0 Å². The minimum Gasteiger partial charge on any atom is -0.257 e. The maximum absolute atomic E-state index is 4.58. The number of fused-ring (bicyclic) bond motifs is 1. The first-order valence-electron chi connectivity index (χ1n) is 4.93. The van der Waals surface area contributed by atoms with Crippen molar-refractivity contribution in [1.29, 1.82) is 0 Å². The van der Waals surface area contributed by atoms with Crippen LogP contribution in [0.4, 0.5) is 0 Å². The summed E-state index contributed by atoms with van der Waals surface area (Å²) in [5.74, 6) is 0. The molecule has 0 atom stereocenters. The molecule has 0 aliphatic rings. The predicted molar refractivity (Wildman–Crippen MR) is 76.7 cm³/mol. The van der Waals surface area contributed by atoms with E-state index in [9.17, 15) is 0 Å². The molecule has 0 aliphatic heterocycles. The quantitative estimate of drug-likeness (QED) is 0.614. The monoisotopic (exact) mass is 340 g/mol. The van der Waals surface area contributed by atoms with E-state index in [0.29, 0.717) is 0 Å². The normalized spacial score (nSPS) is 11.1. The molecule has 2 nitrogen and oxygen atoms in total. The molecule has 0 fully saturated rings. The van der Waals surface area contributed by atoms with E-state index >= 15 is 0 Å². The van der Waals surface area contributed by atoms with Gasteiger partial charge in [0.1, 0.15) is 10.5 Å². The van der Waals surface area contributed by atoms with Gasteiger partial charge in [-0.05, 0) is 28.7 Å². The van der Waals surface area contributed by atoms with Gasteiger partial charge in [-0.25, -0.2) is 0 Å². The third kappa shape index (κ3) is 1.56. The molecule has 80 valence electrons. The highest BCUT2D eigenvalue weighted by Gasteiger charge is 2.12. The summed E-state index contributed by atoms with van der Waals surface area (Å²) in [4.78, 5) is 1.24. The van der Waals surface area contributed by atoms with E-state index < -0.39 is 0 Å². The highest BCUT2D eigenvalue weighted by Crippen LogP contribution is 2.33. The first-order chi connectivity index (χ1) is 7.75. The van der Waals surface area contributed by atoms with Gasteiger partial charge in [-0.2, -0.15) is 5.10 Å². The number of halogens is 1. The van der Waals surface area contributed by atoms with E-state index in [4.69, 9.17) is 0 Å². The summed E-state index contributed by atoms with van der Waals surface area (Å²) in [7, 11) is 2.00. The van der Waals surface area contributed by atoms with Crippen LogP contribution in [0.5, 0.6) is 0 Å². The van der Waals surface area contributed by atoms with Crippen LogP contribution in [0, 0.1) is 2.88 Å². The maximum atomic E-state index is 4.58. The Morgan fingerprint density at radius 1 is 1.25 bits per heavy atom. The predicted octanol–water partition coefficient (Wildman–Crippen LogP) is 3.91. The summed E-state index contributed by atoms with van der Waals surface area (Å²) in [5, 5.41) is 5.84. The smallest absolute Gasteiger partial charge is 0.122 e. The Balaban J connectivity index is 2.32. The van der Waals surface area contributed by atoms with Gasteiger partial charge in [0.05, 0.1) is 2.88 Å². The summed E-state index contributed by atoms with van der Waals surface area (Å²) >= 11 is 4.14. The number of thiophene rings is 1. The van der Waals surface area contributed by atoms with E-state index in [1.807, 2.05) is 29.9 Å². The molecule has 0 aliphatic carbocycles. The Morgan fingerprint density at radius 2 is 2.00 bits per heavy atom. The molecule has 16 heavy (non-hydrogen) atoms. The second-order valence-electron chi connectivity index (χ2n) is 3.61. The van der Waals surface area contributed by atoms with Crippen LogP contribution in [0.15, 0.2) is 36.4 Å². The van der Waals surface area contributed by atoms with Crippen molar-refractivity contribution in [3.8, 4) is 11.3 Å². The van der Waals surface area contributed by atoms with Crippen LogP contribution in [0.2, 0.25) is 0 Å². The molecule has 0 N–H and O–H groups in total. The van der Waals surface area contributed by atoms with Crippen LogP contribution in [0.25, 0.3) is 21.5 Å². The van der Waals surface area contributed by atoms with Crippen molar-refractivity contribution in [3.63, 3.8) is 0 Å². The van der Waals surface area contributed by atoms with Crippen LogP contribution in [-0.2, 0) is 7.05 Å². The van der Waals surface area contributed by atoms with E-state index in [-0.39, 0.29) is 0 Å². The molecule has 0 saturated heterocycles. The molecule has 0 radical (unpaired) electrons. The number of hydrogen-bond donors (Lipinski definition) is 0. The van der Waals surface area contributed by atoms with Crippen molar-refractivity contribution >= 4 is 44.1 Å². The Labute approximate surface area is 111 Å². The van der Waals surface area contributed by atoms with Gasteiger partial charge in [0.25, 0.3) is 0 Å². The number of nitrogens with zero attached hydrogens (tertiary/aromatic N) is 2. The first-order valence-corrected chi connectivity index (χ1v) is 6.82. The van der Waals surface area contributed by atoms with Crippen molar-refractivity contribution in [1.82, 2.24) is 9.78 Å². The molecule has 0 unspecified atom stereocenters. The van der Waals surface area contributed by atoms with Gasteiger partial charge in [-0.15, -0.1) is 11.3 Å². The van der Waals surface area contributed by atoms with Crippen LogP contribution in [0.1, 0.15) is 0 Å². The summed E-state index contributed by atoms with van der Waals surface area (Å²) in [5.41, 5.74) is 2.26. The molecule has 1 aromatic carbocycles. The zero-order valence-corrected chi connectivity index (χ0v) is 11.6. The molecule has 2 aromatic heterocycles. The molecular formula is C12H9IN2S. The maximum Gasteiger partial charge on any atom is 0.122 e. The SMILES string of the molecule is Cn1nc(-c2ccccc2)c2cc(I)sc21. The van der Waals surface area contributed by atoms with E-state index in [1.54, 1.807) is 11.3 Å². The molecule has 0 saturated carbocycles. The lowest BCUT2D eigenvalue weighted by atomic mass is 10.1. The Hall–Kier alpha value is -0.880. The summed E-state index contributed by atoms with van der Waals surface area (Å²) in [6, 6.07) is 12.5. The van der Waals surface area contributed by atoms with Gasteiger partial charge < -0.3 is 0 Å². The number of hydrogen-bond acceptors (Lipinski definition) is 2. The Kier molecular flexibility index (Phi) is 2.48. The van der Waals surface area contributed by atoms with E-state index in [1.165, 1.54) is 18.7 Å². The molecule has 3 aromatic rings. The third-order valence-electron chi connectivity index (χ3n) is 2.53. The minimum atomic E-state index is 1.08. The molecule has 0 amide bonds. The Bertz CT molecular complexity index is 640. The highest BCUT2D eigenvalue weighted by molar-refractivity contribution is 14.1. The topological polar surface area (TPSA) is 17.8 Å². The summed E-state index contributed by atoms with van der Waals surface area (Å²) in [6.07, 6.45) is 0. The number of aryl methyl sites for hydroxylation is 1. The average molecular weight is 340 g/mol. The van der Waals surface area contributed by atoms with Crippen molar-refractivity contribution in [2.24, 2.45) is 7.05 Å². The summed E-state index contributed by atoms with van der Waals surface area (Å²) in [6.45, 7) is 0. The van der Waals surface area contributed by atoms with Gasteiger partial charge in [-0.3, -0.25) is 4.68 Å². The molecule has 0 spiro atoms. The standard InChI is InChI=1S/C12H9IN2S/c1-15-12-9(7-10(13)16-12)11(14-15)8-5-3-2-4-6-8/h2-7H,1H3. The minimum absolute atomic E-state index is 1.08. The van der Waals surface area contributed by atoms with E-state index in [0.717, 1.165) is 5.69 Å². The lowest BCUT2D eigenvalue weighted by molar-refractivity contribution is 0.806. The number of benzene rings is 1. The van der Waals surface area contributed by atoms with Gasteiger partial charge in [-0.1, -0.05) is 30.3 Å². The molecule has 2 heterocycles. The second-order valence-corrected chi connectivity index (χ2v) is 6.53. The van der Waals surface area contributed by atoms with Crippen molar-refractivity contribution < 1.29 is 0 Å². The molecule has 4 heteroatoms. The third-order valence-corrected chi connectivity index (χ3v) is 4.49. The van der Waals surface area contributed by atoms with Crippen LogP contribution in [-0.4, -0.2) is 9.78 Å². The van der Waals surface area contributed by atoms with Gasteiger partial charge in [0, 0.05) is 18.0 Å². The summed E-state index contributed by atoms with van der Waals surface area (Å²) < 4.78 is 3.27. The van der Waals surface area contributed by atoms with Crippen LogP contribution in [0.3, 0.4) is 0 Å². The second kappa shape index (κ2) is 3.85. The fraction of sp³-hybridized carbons (Fsp3) is 0.0833. The van der Waals surface area contributed by atoms with Crippen molar-refractivity contribution in [2.75, 3.05) is 0 Å². The highest BCUT2D eigenvalue weighted by atomic mass is 127. The Morgan fingerprint density at radius 3 is 2.75 bits per heavy atom. The molecular weight excluding hydrogens is 331 g/mol. The number of rotatable bonds is 1. The van der Waals surface area contributed by atoms with Crippen molar-refractivity contribution in [3.05, 3.63) is 39.3 Å². The zero-order chi connectivity index (χ0) is 11.1. The lowest BCUT2D eigenvalue weighted by Gasteiger charge is -1.95. The zero-order valence-electron chi connectivity index (χ0n) is 8.64. The van der Waals surface area contributed by atoms with Gasteiger partial charge >= 0.3 is 0 Å². The van der Waals surface area contributed by atoms with Gasteiger partial charge in [0.15, 0.2) is 0 Å². The van der Waals surface area contributed by atoms with Crippen LogP contribution < -0.4 is 0 Å². The molecule has 0 bridgehead atoms. The average Bonchev–Trinajstić information content (AvgIpc) is 2.80. The number of aromatic nitrogens is 2. The first kappa shape index (κ1) is 10.3. The fourth-order valence-corrected chi connectivity index (χ4v) is 3.56. The lowest BCUT2D eigenvalue weighted by Crippen LogP contribution is -1.88. The van der Waals surface area contributed by atoms with Crippen LogP contribution >= 0.6 is 33.9 Å². The molecule has 3 rings (SSSR count). The van der Waals surface area contributed by atoms with E-state index in [2.05, 4.69) is 45.9 Å². The van der Waals surface area contributed by atoms with Gasteiger partial charge in [0.2, 0.25) is 0 Å². The fourth-order valence-electron chi connectivity index (χ4n) is 1.82. The largest absolute Gasteiger partial charge is 0.257 e.